The molecule has 0 aromatic carbocycles. The number of thiophene rings is 1. The van der Waals surface area contributed by atoms with Crippen LogP contribution in [0.15, 0.2) is 29.9 Å². The average molecular weight is 274 g/mol. The Hall–Kier alpha value is -2.10. The lowest BCUT2D eigenvalue weighted by atomic mass is 10.2. The number of aromatic nitrogens is 2. The van der Waals surface area contributed by atoms with Crippen LogP contribution in [0.1, 0.15) is 10.4 Å². The number of nitrogens with zero attached hydrogens (tertiary/aromatic N) is 2. The molecule has 0 unspecified atom stereocenters. The molecule has 0 spiro atoms. The predicted octanol–water partition coefficient (Wildman–Crippen LogP) is 0.571. The molecular formula is C13H14N4OS. The van der Waals surface area contributed by atoms with Crippen molar-refractivity contribution in [2.24, 2.45) is 5.73 Å². The van der Waals surface area contributed by atoms with Gasteiger partial charge in [0.1, 0.15) is 6.54 Å². The number of carbonyl (C=O) groups excluding carboxylic acids is 1. The molecule has 0 saturated heterocycles. The smallest absolute Gasteiger partial charge is 0.242 e. The molecule has 19 heavy (non-hydrogen) atoms. The van der Waals surface area contributed by atoms with Crippen LogP contribution in [0.25, 0.3) is 0 Å². The Kier molecular flexibility index (Phi) is 4.72. The Morgan fingerprint density at radius 3 is 3.21 bits per heavy atom. The van der Waals surface area contributed by atoms with E-state index in [2.05, 4.69) is 22.3 Å². The number of nitrogens with two attached hydrogens (primary N) is 1. The third-order valence-electron chi connectivity index (χ3n) is 2.38. The highest BCUT2D eigenvalue weighted by atomic mass is 32.1. The van der Waals surface area contributed by atoms with Crippen LogP contribution in [0.5, 0.6) is 0 Å². The summed E-state index contributed by atoms with van der Waals surface area (Å²) in [5, 5.41) is 8.79. The molecule has 98 valence electrons. The van der Waals surface area contributed by atoms with Crippen LogP contribution < -0.4 is 11.1 Å². The highest BCUT2D eigenvalue weighted by Crippen LogP contribution is 2.15. The van der Waals surface area contributed by atoms with Crippen LogP contribution in [0, 0.1) is 11.8 Å². The summed E-state index contributed by atoms with van der Waals surface area (Å²) < 4.78 is 1.58. The summed E-state index contributed by atoms with van der Waals surface area (Å²) >= 11 is 1.57. The van der Waals surface area contributed by atoms with Crippen molar-refractivity contribution in [1.82, 2.24) is 15.1 Å². The first kappa shape index (κ1) is 13.3. The van der Waals surface area contributed by atoms with Crippen LogP contribution in [-0.4, -0.2) is 22.2 Å². The molecule has 0 bridgehead atoms. The van der Waals surface area contributed by atoms with Gasteiger partial charge in [0, 0.05) is 22.8 Å². The van der Waals surface area contributed by atoms with Crippen LogP contribution in [0.3, 0.4) is 0 Å². The van der Waals surface area contributed by atoms with E-state index in [1.807, 2.05) is 11.4 Å². The molecule has 0 radical (unpaired) electrons. The number of amides is 1. The molecule has 0 aliphatic rings. The number of hydrogen-bond acceptors (Lipinski definition) is 4. The molecule has 0 atom stereocenters. The van der Waals surface area contributed by atoms with Crippen molar-refractivity contribution in [2.45, 2.75) is 13.1 Å². The van der Waals surface area contributed by atoms with Gasteiger partial charge in [0.15, 0.2) is 0 Å². The lowest BCUT2D eigenvalue weighted by molar-refractivity contribution is -0.122. The molecule has 0 aliphatic carbocycles. The second-order valence-electron chi connectivity index (χ2n) is 3.74. The van der Waals surface area contributed by atoms with E-state index in [-0.39, 0.29) is 12.5 Å². The maximum absolute atomic E-state index is 11.7. The number of rotatable bonds is 4. The zero-order valence-electron chi connectivity index (χ0n) is 10.3. The van der Waals surface area contributed by atoms with Crippen molar-refractivity contribution in [2.75, 3.05) is 6.54 Å². The van der Waals surface area contributed by atoms with E-state index < -0.39 is 0 Å². The number of nitrogens with one attached hydrogen (secondary N) is 1. The SMILES string of the molecule is NCC#Cc1ccsc1CNC(=O)Cn1cccn1. The Balaban J connectivity index is 1.88. The minimum atomic E-state index is -0.0742. The molecule has 6 heteroatoms. The zero-order chi connectivity index (χ0) is 13.5. The van der Waals surface area contributed by atoms with E-state index in [1.165, 1.54) is 0 Å². The van der Waals surface area contributed by atoms with Gasteiger partial charge in [-0.3, -0.25) is 9.48 Å². The van der Waals surface area contributed by atoms with Crippen molar-refractivity contribution in [3.05, 3.63) is 40.3 Å². The first-order valence-corrected chi connectivity index (χ1v) is 6.67. The molecule has 0 fully saturated rings. The fraction of sp³-hybridized carbons (Fsp3) is 0.231. The van der Waals surface area contributed by atoms with Gasteiger partial charge in [-0.05, 0) is 17.5 Å². The fourth-order valence-corrected chi connectivity index (χ4v) is 2.28. The van der Waals surface area contributed by atoms with Crippen molar-refractivity contribution in [3.63, 3.8) is 0 Å². The van der Waals surface area contributed by atoms with Gasteiger partial charge in [0.05, 0.1) is 13.1 Å². The van der Waals surface area contributed by atoms with Gasteiger partial charge in [-0.1, -0.05) is 11.8 Å². The van der Waals surface area contributed by atoms with E-state index in [4.69, 9.17) is 5.73 Å². The molecule has 0 saturated carbocycles. The van der Waals surface area contributed by atoms with Gasteiger partial charge < -0.3 is 11.1 Å². The molecule has 2 aromatic rings. The molecule has 1 amide bonds. The quantitative estimate of drug-likeness (QED) is 0.801. The molecule has 3 N–H and O–H groups in total. The van der Waals surface area contributed by atoms with Gasteiger partial charge in [-0.15, -0.1) is 11.3 Å². The van der Waals surface area contributed by atoms with Crippen LogP contribution in [0.2, 0.25) is 0 Å². The number of hydrogen-bond donors (Lipinski definition) is 2. The van der Waals surface area contributed by atoms with Gasteiger partial charge in [0.25, 0.3) is 0 Å². The lowest BCUT2D eigenvalue weighted by Gasteiger charge is -2.04. The summed E-state index contributed by atoms with van der Waals surface area (Å²) in [5.41, 5.74) is 6.27. The van der Waals surface area contributed by atoms with Gasteiger partial charge in [0.2, 0.25) is 5.91 Å². The fourth-order valence-electron chi connectivity index (χ4n) is 1.51. The van der Waals surface area contributed by atoms with Gasteiger partial charge in [-0.2, -0.15) is 5.10 Å². The Labute approximate surface area is 115 Å². The summed E-state index contributed by atoms with van der Waals surface area (Å²) in [7, 11) is 0. The summed E-state index contributed by atoms with van der Waals surface area (Å²) in [6, 6.07) is 3.72. The molecule has 0 aliphatic heterocycles. The van der Waals surface area contributed by atoms with E-state index in [1.54, 1.807) is 34.5 Å². The van der Waals surface area contributed by atoms with Crippen molar-refractivity contribution < 1.29 is 4.79 Å². The highest BCUT2D eigenvalue weighted by molar-refractivity contribution is 7.10. The third-order valence-corrected chi connectivity index (χ3v) is 3.30. The van der Waals surface area contributed by atoms with E-state index in [0.717, 1.165) is 10.4 Å². The van der Waals surface area contributed by atoms with Crippen LogP contribution in [0.4, 0.5) is 0 Å². The minimum Gasteiger partial charge on any atom is -0.350 e. The minimum absolute atomic E-state index is 0.0742. The van der Waals surface area contributed by atoms with E-state index >= 15 is 0 Å². The highest BCUT2D eigenvalue weighted by Gasteiger charge is 2.06. The number of carbonyl (C=O) groups is 1. The first-order chi connectivity index (χ1) is 9.29. The standard InChI is InChI=1S/C13H14N4OS/c14-5-1-3-11-4-8-19-12(11)9-15-13(18)10-17-7-2-6-16-17/h2,4,6-8H,5,9-10,14H2,(H,15,18). The molecule has 2 aromatic heterocycles. The van der Waals surface area contributed by atoms with Crippen molar-refractivity contribution in [3.8, 4) is 11.8 Å². The Bertz CT molecular complexity index is 592. The Morgan fingerprint density at radius 2 is 2.47 bits per heavy atom. The van der Waals surface area contributed by atoms with E-state index in [9.17, 15) is 4.79 Å². The molecule has 2 heterocycles. The second-order valence-corrected chi connectivity index (χ2v) is 4.74. The van der Waals surface area contributed by atoms with Gasteiger partial charge >= 0.3 is 0 Å². The van der Waals surface area contributed by atoms with Gasteiger partial charge in [-0.25, -0.2) is 0 Å². The summed E-state index contributed by atoms with van der Waals surface area (Å²) in [6.07, 6.45) is 3.40. The van der Waals surface area contributed by atoms with Crippen molar-refractivity contribution in [1.29, 1.82) is 0 Å². The average Bonchev–Trinajstić information content (AvgIpc) is 3.05. The predicted molar refractivity (Wildman–Crippen MR) is 74.3 cm³/mol. The summed E-state index contributed by atoms with van der Waals surface area (Å²) in [6.45, 7) is 1.04. The normalized spacial score (nSPS) is 9.74. The molecule has 5 nitrogen and oxygen atoms in total. The van der Waals surface area contributed by atoms with Crippen molar-refractivity contribution >= 4 is 17.2 Å². The first-order valence-electron chi connectivity index (χ1n) is 5.79. The topological polar surface area (TPSA) is 72.9 Å². The Morgan fingerprint density at radius 1 is 1.58 bits per heavy atom. The lowest BCUT2D eigenvalue weighted by Crippen LogP contribution is -2.27. The summed E-state index contributed by atoms with van der Waals surface area (Å²) in [4.78, 5) is 12.7. The van der Waals surface area contributed by atoms with E-state index in [0.29, 0.717) is 13.1 Å². The summed E-state index contributed by atoms with van der Waals surface area (Å²) in [5.74, 6) is 5.73. The zero-order valence-corrected chi connectivity index (χ0v) is 11.1. The molecule has 2 rings (SSSR count). The molecular weight excluding hydrogens is 260 g/mol. The third kappa shape index (κ3) is 3.95. The second kappa shape index (κ2) is 6.73. The maximum Gasteiger partial charge on any atom is 0.242 e. The maximum atomic E-state index is 11.7. The van der Waals surface area contributed by atoms with Crippen LogP contribution >= 0.6 is 11.3 Å². The monoisotopic (exact) mass is 274 g/mol. The van der Waals surface area contributed by atoms with Crippen LogP contribution in [-0.2, 0) is 17.9 Å². The largest absolute Gasteiger partial charge is 0.350 e.